The fraction of sp³-hybridized carbons (Fsp3) is 0.400. The van der Waals surface area contributed by atoms with E-state index in [0.717, 1.165) is 31.5 Å². The van der Waals surface area contributed by atoms with Crippen LogP contribution in [0.15, 0.2) is 41.6 Å². The molecule has 2 aromatic rings. The summed E-state index contributed by atoms with van der Waals surface area (Å²) in [6.07, 6.45) is 7.24. The smallest absolute Gasteiger partial charge is 0.253 e. The van der Waals surface area contributed by atoms with E-state index in [1.807, 2.05) is 35.4 Å². The fourth-order valence-corrected chi connectivity index (χ4v) is 3.04. The predicted octanol–water partition coefficient (Wildman–Crippen LogP) is 2.48. The number of amides is 1. The lowest BCUT2D eigenvalue weighted by molar-refractivity contribution is 0.0683. The molecule has 1 saturated heterocycles. The van der Waals surface area contributed by atoms with E-state index in [0.29, 0.717) is 6.04 Å². The first-order valence-corrected chi connectivity index (χ1v) is 8.29. The number of rotatable bonds is 3. The molecule has 0 aliphatic carbocycles. The zero-order valence-electron chi connectivity index (χ0n) is 12.0. The number of likely N-dealkylation sites (tertiary alicyclic amines) is 1. The van der Waals surface area contributed by atoms with E-state index < -0.39 is 0 Å². The van der Waals surface area contributed by atoms with Gasteiger partial charge in [-0.2, -0.15) is 15.0 Å². The van der Waals surface area contributed by atoms with Crippen LogP contribution < -0.4 is 0 Å². The highest BCUT2D eigenvalue weighted by atomic mass is 32.2. The minimum atomic E-state index is 0.120. The summed E-state index contributed by atoms with van der Waals surface area (Å²) in [5.41, 5.74) is 0.767. The van der Waals surface area contributed by atoms with Crippen molar-refractivity contribution in [3.8, 4) is 0 Å². The predicted molar refractivity (Wildman–Crippen MR) is 82.4 cm³/mol. The highest BCUT2D eigenvalue weighted by Gasteiger charge is 2.25. The lowest BCUT2D eigenvalue weighted by Gasteiger charge is -2.31. The van der Waals surface area contributed by atoms with Gasteiger partial charge in [-0.15, -0.1) is 11.8 Å². The molecule has 110 valence electrons. The average Bonchev–Trinajstić information content (AvgIpc) is 3.09. The Morgan fingerprint density at radius 3 is 2.33 bits per heavy atom. The lowest BCUT2D eigenvalue weighted by Crippen LogP contribution is -2.39. The number of carbonyl (C=O) groups is 1. The number of aromatic nitrogens is 3. The Morgan fingerprint density at radius 1 is 1.14 bits per heavy atom. The molecule has 1 amide bonds. The maximum Gasteiger partial charge on any atom is 0.253 e. The maximum absolute atomic E-state index is 12.5. The third kappa shape index (κ3) is 3.10. The summed E-state index contributed by atoms with van der Waals surface area (Å²) in [4.78, 5) is 17.3. The van der Waals surface area contributed by atoms with Crippen LogP contribution in [0.3, 0.4) is 0 Å². The van der Waals surface area contributed by atoms with Gasteiger partial charge in [0.2, 0.25) is 0 Å². The van der Waals surface area contributed by atoms with E-state index >= 15 is 0 Å². The first kappa shape index (κ1) is 14.1. The topological polar surface area (TPSA) is 51.0 Å². The average molecular weight is 302 g/mol. The normalized spacial score (nSPS) is 16.1. The Labute approximate surface area is 128 Å². The molecule has 0 spiro atoms. The molecule has 1 aromatic carbocycles. The van der Waals surface area contributed by atoms with Crippen molar-refractivity contribution in [1.82, 2.24) is 19.9 Å². The van der Waals surface area contributed by atoms with E-state index in [9.17, 15) is 4.79 Å². The van der Waals surface area contributed by atoms with Crippen LogP contribution in [0.1, 0.15) is 29.2 Å². The van der Waals surface area contributed by atoms with Gasteiger partial charge in [-0.05, 0) is 43.4 Å². The Morgan fingerprint density at radius 2 is 1.76 bits per heavy atom. The molecule has 0 bridgehead atoms. The van der Waals surface area contributed by atoms with Crippen molar-refractivity contribution in [2.75, 3.05) is 19.3 Å². The molecule has 0 N–H and O–H groups in total. The van der Waals surface area contributed by atoms with Crippen molar-refractivity contribution in [1.29, 1.82) is 0 Å². The monoisotopic (exact) mass is 302 g/mol. The number of piperidine rings is 1. The van der Waals surface area contributed by atoms with Crippen LogP contribution in [-0.2, 0) is 0 Å². The number of benzene rings is 1. The number of thioether (sulfide) groups is 1. The Hall–Kier alpha value is -1.82. The first-order valence-electron chi connectivity index (χ1n) is 7.07. The fourth-order valence-electron chi connectivity index (χ4n) is 2.63. The Kier molecular flexibility index (Phi) is 4.24. The SMILES string of the molecule is CSc1ccc(C(=O)N2CCC(n3nccn3)CC2)cc1. The van der Waals surface area contributed by atoms with Crippen LogP contribution in [0, 0.1) is 0 Å². The molecule has 1 aliphatic rings. The van der Waals surface area contributed by atoms with E-state index in [-0.39, 0.29) is 5.91 Å². The van der Waals surface area contributed by atoms with E-state index in [4.69, 9.17) is 0 Å². The molecule has 1 fully saturated rings. The molecule has 1 aromatic heterocycles. The highest BCUT2D eigenvalue weighted by molar-refractivity contribution is 7.98. The van der Waals surface area contributed by atoms with Gasteiger partial charge in [-0.3, -0.25) is 4.79 Å². The van der Waals surface area contributed by atoms with Crippen LogP contribution in [0.2, 0.25) is 0 Å². The summed E-state index contributed by atoms with van der Waals surface area (Å²) in [5.74, 6) is 0.120. The lowest BCUT2D eigenvalue weighted by atomic mass is 10.0. The van der Waals surface area contributed by atoms with Crippen molar-refractivity contribution >= 4 is 17.7 Å². The van der Waals surface area contributed by atoms with Crippen molar-refractivity contribution < 1.29 is 4.79 Å². The maximum atomic E-state index is 12.5. The summed E-state index contributed by atoms with van der Waals surface area (Å²) in [7, 11) is 0. The van der Waals surface area contributed by atoms with Gasteiger partial charge in [0.1, 0.15) is 0 Å². The van der Waals surface area contributed by atoms with Crippen LogP contribution >= 0.6 is 11.8 Å². The summed E-state index contributed by atoms with van der Waals surface area (Å²) in [6, 6.07) is 8.13. The second kappa shape index (κ2) is 6.30. The van der Waals surface area contributed by atoms with E-state index in [2.05, 4.69) is 10.2 Å². The third-order valence-corrected chi connectivity index (χ3v) is 4.60. The quantitative estimate of drug-likeness (QED) is 0.817. The number of nitrogens with zero attached hydrogens (tertiary/aromatic N) is 4. The highest BCUT2D eigenvalue weighted by Crippen LogP contribution is 2.22. The molecule has 0 saturated carbocycles. The summed E-state index contributed by atoms with van der Waals surface area (Å²) in [6.45, 7) is 1.52. The van der Waals surface area contributed by atoms with E-state index in [1.165, 1.54) is 4.90 Å². The first-order chi connectivity index (χ1) is 10.3. The molecule has 5 nitrogen and oxygen atoms in total. The minimum Gasteiger partial charge on any atom is -0.338 e. The third-order valence-electron chi connectivity index (χ3n) is 3.85. The van der Waals surface area contributed by atoms with Crippen molar-refractivity contribution in [2.45, 2.75) is 23.8 Å². The van der Waals surface area contributed by atoms with Gasteiger partial charge in [-0.1, -0.05) is 0 Å². The second-order valence-electron chi connectivity index (χ2n) is 5.10. The van der Waals surface area contributed by atoms with E-state index in [1.54, 1.807) is 29.0 Å². The summed E-state index contributed by atoms with van der Waals surface area (Å²) < 4.78 is 0. The molecule has 0 atom stereocenters. The van der Waals surface area contributed by atoms with Gasteiger partial charge in [0.15, 0.2) is 0 Å². The van der Waals surface area contributed by atoms with Crippen molar-refractivity contribution in [3.63, 3.8) is 0 Å². The number of hydrogen-bond donors (Lipinski definition) is 0. The molecule has 21 heavy (non-hydrogen) atoms. The van der Waals surface area contributed by atoms with Gasteiger partial charge in [0, 0.05) is 23.5 Å². The van der Waals surface area contributed by atoms with Crippen LogP contribution in [-0.4, -0.2) is 45.1 Å². The van der Waals surface area contributed by atoms with Gasteiger partial charge in [-0.25, -0.2) is 0 Å². The van der Waals surface area contributed by atoms with Gasteiger partial charge >= 0.3 is 0 Å². The Bertz CT molecular complexity index is 589. The minimum absolute atomic E-state index is 0.120. The zero-order valence-corrected chi connectivity index (χ0v) is 12.8. The molecule has 3 rings (SSSR count). The van der Waals surface area contributed by atoms with Crippen LogP contribution in [0.5, 0.6) is 0 Å². The molecule has 0 unspecified atom stereocenters. The van der Waals surface area contributed by atoms with Gasteiger partial charge in [0.05, 0.1) is 18.4 Å². The van der Waals surface area contributed by atoms with Crippen molar-refractivity contribution in [2.24, 2.45) is 0 Å². The molecular formula is C15H18N4OS. The number of carbonyl (C=O) groups excluding carboxylic acids is 1. The molecule has 6 heteroatoms. The van der Waals surface area contributed by atoms with Crippen molar-refractivity contribution in [3.05, 3.63) is 42.2 Å². The standard InChI is InChI=1S/C15H18N4OS/c1-21-14-4-2-12(3-5-14)15(20)18-10-6-13(7-11-18)19-16-8-9-17-19/h2-5,8-9,13H,6-7,10-11H2,1H3. The largest absolute Gasteiger partial charge is 0.338 e. The molecule has 2 heterocycles. The molecule has 0 radical (unpaired) electrons. The van der Waals surface area contributed by atoms with Gasteiger partial charge in [0.25, 0.3) is 5.91 Å². The van der Waals surface area contributed by atoms with Crippen LogP contribution in [0.25, 0.3) is 0 Å². The Balaban J connectivity index is 1.62. The number of hydrogen-bond acceptors (Lipinski definition) is 4. The van der Waals surface area contributed by atoms with Gasteiger partial charge < -0.3 is 4.90 Å². The molecule has 1 aliphatic heterocycles. The molecular weight excluding hydrogens is 284 g/mol. The zero-order chi connectivity index (χ0) is 14.7. The summed E-state index contributed by atoms with van der Waals surface area (Å²) >= 11 is 1.68. The van der Waals surface area contributed by atoms with Crippen LogP contribution in [0.4, 0.5) is 0 Å². The summed E-state index contributed by atoms with van der Waals surface area (Å²) in [5, 5.41) is 8.37. The second-order valence-corrected chi connectivity index (χ2v) is 5.98.